The fourth-order valence-corrected chi connectivity index (χ4v) is 3.34. The topological polar surface area (TPSA) is 35.6 Å². The standard InChI is InChI=1S/C13H23N3O/c1-3-11-14-13(5-6-13)12(17)16(11)9-10-4-7-15(2)8-10/h10-11,14H,3-9H2,1-2H3. The van der Waals surface area contributed by atoms with Gasteiger partial charge in [0.25, 0.3) is 0 Å². The summed E-state index contributed by atoms with van der Waals surface area (Å²) in [6.07, 6.45) is 4.64. The average molecular weight is 237 g/mol. The average Bonchev–Trinajstić information content (AvgIpc) is 2.92. The Balaban J connectivity index is 1.66. The molecule has 2 atom stereocenters. The molecule has 96 valence electrons. The molecule has 17 heavy (non-hydrogen) atoms. The zero-order valence-corrected chi connectivity index (χ0v) is 10.9. The van der Waals surface area contributed by atoms with E-state index in [9.17, 15) is 4.79 Å². The minimum Gasteiger partial charge on any atom is -0.325 e. The van der Waals surface area contributed by atoms with Crippen molar-refractivity contribution in [2.75, 3.05) is 26.7 Å². The Labute approximate surface area is 103 Å². The quantitative estimate of drug-likeness (QED) is 0.782. The fourth-order valence-electron chi connectivity index (χ4n) is 3.34. The van der Waals surface area contributed by atoms with Gasteiger partial charge in [-0.05, 0) is 45.2 Å². The number of carbonyl (C=O) groups is 1. The van der Waals surface area contributed by atoms with Crippen LogP contribution in [0.5, 0.6) is 0 Å². The Kier molecular flexibility index (Phi) is 2.67. The molecule has 1 saturated carbocycles. The summed E-state index contributed by atoms with van der Waals surface area (Å²) in [5, 5.41) is 3.54. The maximum Gasteiger partial charge on any atom is 0.244 e. The van der Waals surface area contributed by atoms with Crippen molar-refractivity contribution in [1.82, 2.24) is 15.1 Å². The Morgan fingerprint density at radius 1 is 1.47 bits per heavy atom. The second kappa shape index (κ2) is 3.95. The number of nitrogens with one attached hydrogen (secondary N) is 1. The largest absolute Gasteiger partial charge is 0.325 e. The second-order valence-electron chi connectivity index (χ2n) is 6.02. The van der Waals surface area contributed by atoms with Gasteiger partial charge in [0.1, 0.15) is 0 Å². The Bertz CT molecular complexity index is 327. The summed E-state index contributed by atoms with van der Waals surface area (Å²) in [5.41, 5.74) is -0.134. The molecule has 0 aromatic heterocycles. The molecule has 3 rings (SSSR count). The highest BCUT2D eigenvalue weighted by Gasteiger charge is 2.58. The summed E-state index contributed by atoms with van der Waals surface area (Å²) in [7, 11) is 2.17. The van der Waals surface area contributed by atoms with Crippen LogP contribution in [0.2, 0.25) is 0 Å². The zero-order chi connectivity index (χ0) is 12.0. The van der Waals surface area contributed by atoms with Gasteiger partial charge in [-0.3, -0.25) is 10.1 Å². The van der Waals surface area contributed by atoms with Gasteiger partial charge in [0.05, 0.1) is 11.7 Å². The highest BCUT2D eigenvalue weighted by Crippen LogP contribution is 2.42. The van der Waals surface area contributed by atoms with Crippen molar-refractivity contribution in [2.45, 2.75) is 44.3 Å². The summed E-state index contributed by atoms with van der Waals surface area (Å²) < 4.78 is 0. The van der Waals surface area contributed by atoms with Gasteiger partial charge in [-0.25, -0.2) is 0 Å². The van der Waals surface area contributed by atoms with E-state index in [2.05, 4.69) is 29.1 Å². The molecule has 1 aliphatic carbocycles. The smallest absolute Gasteiger partial charge is 0.244 e. The molecule has 4 nitrogen and oxygen atoms in total. The first-order valence-electron chi connectivity index (χ1n) is 6.92. The van der Waals surface area contributed by atoms with Gasteiger partial charge in [-0.15, -0.1) is 0 Å². The number of hydrogen-bond acceptors (Lipinski definition) is 3. The third kappa shape index (κ3) is 1.87. The summed E-state index contributed by atoms with van der Waals surface area (Å²) in [6, 6.07) is 0. The van der Waals surface area contributed by atoms with Crippen LogP contribution >= 0.6 is 0 Å². The van der Waals surface area contributed by atoms with Gasteiger partial charge in [-0.2, -0.15) is 0 Å². The number of amides is 1. The van der Waals surface area contributed by atoms with E-state index in [-0.39, 0.29) is 11.7 Å². The summed E-state index contributed by atoms with van der Waals surface area (Å²) in [6.45, 7) is 5.45. The van der Waals surface area contributed by atoms with E-state index in [0.29, 0.717) is 11.8 Å². The van der Waals surface area contributed by atoms with Crippen LogP contribution in [0, 0.1) is 5.92 Å². The molecule has 2 heterocycles. The van der Waals surface area contributed by atoms with E-state index < -0.39 is 0 Å². The molecule has 4 heteroatoms. The van der Waals surface area contributed by atoms with Gasteiger partial charge in [-0.1, -0.05) is 6.92 Å². The maximum absolute atomic E-state index is 12.4. The molecular formula is C13H23N3O. The predicted molar refractivity (Wildman–Crippen MR) is 66.5 cm³/mol. The Morgan fingerprint density at radius 3 is 2.76 bits per heavy atom. The first-order valence-corrected chi connectivity index (χ1v) is 6.92. The molecule has 3 aliphatic rings. The molecule has 2 aliphatic heterocycles. The summed E-state index contributed by atoms with van der Waals surface area (Å²) in [4.78, 5) is 16.9. The molecule has 1 N–H and O–H groups in total. The minimum absolute atomic E-state index is 0.134. The van der Waals surface area contributed by atoms with Gasteiger partial charge in [0, 0.05) is 13.1 Å². The van der Waals surface area contributed by atoms with Crippen LogP contribution in [0.15, 0.2) is 0 Å². The number of carbonyl (C=O) groups excluding carboxylic acids is 1. The minimum atomic E-state index is -0.134. The summed E-state index contributed by atoms with van der Waals surface area (Å²) >= 11 is 0. The van der Waals surface area contributed by atoms with Crippen molar-refractivity contribution in [3.8, 4) is 0 Å². The number of nitrogens with zero attached hydrogens (tertiary/aromatic N) is 2. The van der Waals surface area contributed by atoms with Gasteiger partial charge in [0.15, 0.2) is 0 Å². The van der Waals surface area contributed by atoms with Crippen LogP contribution in [0.4, 0.5) is 0 Å². The van der Waals surface area contributed by atoms with Crippen LogP contribution in [0.25, 0.3) is 0 Å². The molecule has 3 fully saturated rings. The van der Waals surface area contributed by atoms with E-state index in [0.717, 1.165) is 32.4 Å². The molecule has 0 aromatic carbocycles. The van der Waals surface area contributed by atoms with E-state index in [1.807, 2.05) is 0 Å². The highest BCUT2D eigenvalue weighted by atomic mass is 16.2. The Hall–Kier alpha value is -0.610. The van der Waals surface area contributed by atoms with Gasteiger partial charge in [0.2, 0.25) is 5.91 Å². The molecule has 0 aromatic rings. The van der Waals surface area contributed by atoms with Crippen LogP contribution in [0.3, 0.4) is 0 Å². The predicted octanol–water partition coefficient (Wildman–Crippen LogP) is 0.639. The van der Waals surface area contributed by atoms with Crippen molar-refractivity contribution in [2.24, 2.45) is 5.92 Å². The van der Waals surface area contributed by atoms with E-state index >= 15 is 0 Å². The lowest BCUT2D eigenvalue weighted by molar-refractivity contribution is -0.131. The summed E-state index contributed by atoms with van der Waals surface area (Å²) in [5.74, 6) is 1.05. The van der Waals surface area contributed by atoms with Crippen molar-refractivity contribution < 1.29 is 4.79 Å². The fraction of sp³-hybridized carbons (Fsp3) is 0.923. The Morgan fingerprint density at radius 2 is 2.24 bits per heavy atom. The van der Waals surface area contributed by atoms with Gasteiger partial charge < -0.3 is 9.80 Å². The zero-order valence-electron chi connectivity index (χ0n) is 10.9. The lowest BCUT2D eigenvalue weighted by Crippen LogP contribution is -2.40. The molecule has 0 bridgehead atoms. The van der Waals surface area contributed by atoms with E-state index in [1.54, 1.807) is 0 Å². The maximum atomic E-state index is 12.4. The third-order valence-electron chi connectivity index (χ3n) is 4.57. The molecule has 1 amide bonds. The number of rotatable bonds is 3. The van der Waals surface area contributed by atoms with Crippen LogP contribution in [0.1, 0.15) is 32.6 Å². The van der Waals surface area contributed by atoms with Crippen molar-refractivity contribution in [3.63, 3.8) is 0 Å². The molecule has 2 saturated heterocycles. The highest BCUT2D eigenvalue weighted by molar-refractivity contribution is 5.91. The normalized spacial score (nSPS) is 36.1. The van der Waals surface area contributed by atoms with E-state index in [4.69, 9.17) is 0 Å². The third-order valence-corrected chi connectivity index (χ3v) is 4.57. The molecule has 1 spiro atoms. The van der Waals surface area contributed by atoms with Gasteiger partial charge >= 0.3 is 0 Å². The van der Waals surface area contributed by atoms with Crippen LogP contribution < -0.4 is 5.32 Å². The van der Waals surface area contributed by atoms with Crippen LogP contribution in [-0.2, 0) is 4.79 Å². The molecule has 0 radical (unpaired) electrons. The number of hydrogen-bond donors (Lipinski definition) is 1. The first-order chi connectivity index (χ1) is 8.14. The van der Waals surface area contributed by atoms with Crippen molar-refractivity contribution >= 4 is 5.91 Å². The van der Waals surface area contributed by atoms with E-state index in [1.165, 1.54) is 13.0 Å². The lowest BCUT2D eigenvalue weighted by Gasteiger charge is -2.26. The lowest BCUT2D eigenvalue weighted by atomic mass is 10.1. The van der Waals surface area contributed by atoms with Crippen molar-refractivity contribution in [1.29, 1.82) is 0 Å². The monoisotopic (exact) mass is 237 g/mol. The molecular weight excluding hydrogens is 214 g/mol. The SMILES string of the molecule is CCC1NC2(CC2)C(=O)N1CC1CCN(C)C1. The molecule has 2 unspecified atom stereocenters. The number of likely N-dealkylation sites (tertiary alicyclic amines) is 1. The van der Waals surface area contributed by atoms with Crippen LogP contribution in [-0.4, -0.2) is 54.1 Å². The first kappa shape index (κ1) is 11.5. The van der Waals surface area contributed by atoms with Crippen molar-refractivity contribution in [3.05, 3.63) is 0 Å². The second-order valence-corrected chi connectivity index (χ2v) is 6.02.